The first-order valence-corrected chi connectivity index (χ1v) is 6.55. The molecular formula is C13H26ClN. The van der Waals surface area contributed by atoms with Crippen molar-refractivity contribution in [3.8, 4) is 0 Å². The Morgan fingerprint density at radius 2 is 1.60 bits per heavy atom. The van der Waals surface area contributed by atoms with Crippen LogP contribution in [0.4, 0.5) is 0 Å². The van der Waals surface area contributed by atoms with Crippen LogP contribution in [0.15, 0.2) is 0 Å². The van der Waals surface area contributed by atoms with Gasteiger partial charge in [0, 0.05) is 18.5 Å². The highest BCUT2D eigenvalue weighted by molar-refractivity contribution is 6.18. The fourth-order valence-corrected chi connectivity index (χ4v) is 3.68. The van der Waals surface area contributed by atoms with Crippen molar-refractivity contribution in [3.05, 3.63) is 0 Å². The van der Waals surface area contributed by atoms with Crippen LogP contribution in [0.2, 0.25) is 0 Å². The van der Waals surface area contributed by atoms with E-state index in [2.05, 4.69) is 39.6 Å². The van der Waals surface area contributed by atoms with E-state index in [1.54, 1.807) is 0 Å². The Balaban J connectivity index is 2.66. The lowest BCUT2D eigenvalue weighted by atomic mass is 9.63. The Hall–Kier alpha value is 0.250. The van der Waals surface area contributed by atoms with E-state index in [9.17, 15) is 0 Å². The lowest BCUT2D eigenvalue weighted by Crippen LogP contribution is -2.45. The quantitative estimate of drug-likeness (QED) is 0.669. The minimum Gasteiger partial charge on any atom is -0.302 e. The summed E-state index contributed by atoms with van der Waals surface area (Å²) in [6, 6.07) is 0.711. The molecule has 0 aliphatic heterocycles. The van der Waals surface area contributed by atoms with Crippen molar-refractivity contribution in [2.45, 2.75) is 53.0 Å². The van der Waals surface area contributed by atoms with Crippen molar-refractivity contribution in [1.29, 1.82) is 0 Å². The lowest BCUT2D eigenvalue weighted by Gasteiger charge is -2.47. The van der Waals surface area contributed by atoms with Crippen LogP contribution in [0, 0.1) is 10.8 Å². The van der Waals surface area contributed by atoms with Gasteiger partial charge in [0.2, 0.25) is 0 Å². The molecule has 1 saturated carbocycles. The molecule has 0 heterocycles. The van der Waals surface area contributed by atoms with Gasteiger partial charge in [-0.15, -0.1) is 11.6 Å². The smallest absolute Gasteiger partial charge is 0.0351 e. The fourth-order valence-electron chi connectivity index (χ4n) is 3.42. The van der Waals surface area contributed by atoms with Gasteiger partial charge >= 0.3 is 0 Å². The molecule has 90 valence electrons. The van der Waals surface area contributed by atoms with E-state index in [-0.39, 0.29) is 0 Å². The van der Waals surface area contributed by atoms with E-state index in [4.69, 9.17) is 11.6 Å². The van der Waals surface area contributed by atoms with Gasteiger partial charge in [-0.25, -0.2) is 0 Å². The van der Waals surface area contributed by atoms with Gasteiger partial charge in [0.25, 0.3) is 0 Å². The first-order valence-electron chi connectivity index (χ1n) is 6.02. The third-order valence-electron chi connectivity index (χ3n) is 3.59. The third-order valence-corrected chi connectivity index (χ3v) is 3.76. The van der Waals surface area contributed by atoms with Gasteiger partial charge in [-0.05, 0) is 37.1 Å². The number of alkyl halides is 1. The molecule has 15 heavy (non-hydrogen) atoms. The maximum atomic E-state index is 5.82. The monoisotopic (exact) mass is 231 g/mol. The summed E-state index contributed by atoms with van der Waals surface area (Å²) in [5, 5.41) is 0. The largest absolute Gasteiger partial charge is 0.302 e. The summed E-state index contributed by atoms with van der Waals surface area (Å²) < 4.78 is 0. The average molecular weight is 232 g/mol. The molecule has 1 aliphatic carbocycles. The summed E-state index contributed by atoms with van der Waals surface area (Å²) >= 11 is 5.82. The zero-order valence-corrected chi connectivity index (χ0v) is 11.7. The zero-order chi connectivity index (χ0) is 11.7. The normalized spacial score (nSPS) is 25.8. The summed E-state index contributed by atoms with van der Waals surface area (Å²) in [4.78, 5) is 2.44. The predicted molar refractivity (Wildman–Crippen MR) is 68.6 cm³/mol. The predicted octanol–water partition coefficient (Wildman–Crippen LogP) is 3.76. The molecule has 0 amide bonds. The molecule has 0 spiro atoms. The van der Waals surface area contributed by atoms with Crippen LogP contribution in [0.1, 0.15) is 47.0 Å². The van der Waals surface area contributed by atoms with Crippen molar-refractivity contribution in [3.63, 3.8) is 0 Å². The van der Waals surface area contributed by atoms with Crippen LogP contribution in [0.3, 0.4) is 0 Å². The molecule has 0 atom stereocenters. The van der Waals surface area contributed by atoms with Gasteiger partial charge in [0.05, 0.1) is 0 Å². The Morgan fingerprint density at radius 3 is 2.00 bits per heavy atom. The maximum absolute atomic E-state index is 5.82. The molecule has 0 radical (unpaired) electrons. The lowest BCUT2D eigenvalue weighted by molar-refractivity contribution is 0.0379. The molecule has 0 unspecified atom stereocenters. The van der Waals surface area contributed by atoms with Gasteiger partial charge in [-0.3, -0.25) is 0 Å². The SMILES string of the molecule is CN(CCCl)C1CC(C)(C)CC(C)(C)C1. The summed E-state index contributed by atoms with van der Waals surface area (Å²) in [5.74, 6) is 0.744. The topological polar surface area (TPSA) is 3.24 Å². The van der Waals surface area contributed by atoms with Crippen molar-refractivity contribution >= 4 is 11.6 Å². The van der Waals surface area contributed by atoms with E-state index in [0.717, 1.165) is 12.4 Å². The summed E-state index contributed by atoms with van der Waals surface area (Å²) in [7, 11) is 2.21. The molecule has 1 rings (SSSR count). The second kappa shape index (κ2) is 4.63. The highest BCUT2D eigenvalue weighted by Gasteiger charge is 2.39. The molecule has 0 saturated heterocycles. The molecule has 1 aliphatic rings. The van der Waals surface area contributed by atoms with Crippen LogP contribution >= 0.6 is 11.6 Å². The average Bonchev–Trinajstić information content (AvgIpc) is 1.98. The van der Waals surface area contributed by atoms with E-state index < -0.39 is 0 Å². The minimum atomic E-state index is 0.479. The van der Waals surface area contributed by atoms with Crippen molar-refractivity contribution in [1.82, 2.24) is 4.90 Å². The van der Waals surface area contributed by atoms with Crippen molar-refractivity contribution in [2.24, 2.45) is 10.8 Å². The van der Waals surface area contributed by atoms with Crippen LogP contribution in [-0.4, -0.2) is 30.4 Å². The molecule has 0 bridgehead atoms. The van der Waals surface area contributed by atoms with Gasteiger partial charge in [-0.1, -0.05) is 27.7 Å². The highest BCUT2D eigenvalue weighted by atomic mass is 35.5. The molecule has 1 fully saturated rings. The Bertz CT molecular complexity index is 195. The highest BCUT2D eigenvalue weighted by Crippen LogP contribution is 2.46. The Labute approximate surface area is 100 Å². The number of hydrogen-bond acceptors (Lipinski definition) is 1. The van der Waals surface area contributed by atoms with Crippen LogP contribution < -0.4 is 0 Å². The fraction of sp³-hybridized carbons (Fsp3) is 1.00. The van der Waals surface area contributed by atoms with Gasteiger partial charge in [0.15, 0.2) is 0 Å². The van der Waals surface area contributed by atoms with E-state index in [0.29, 0.717) is 16.9 Å². The van der Waals surface area contributed by atoms with E-state index >= 15 is 0 Å². The first-order chi connectivity index (χ1) is 6.76. The molecular weight excluding hydrogens is 206 g/mol. The maximum Gasteiger partial charge on any atom is 0.0351 e. The van der Waals surface area contributed by atoms with Gasteiger partial charge < -0.3 is 4.90 Å². The zero-order valence-electron chi connectivity index (χ0n) is 10.9. The van der Waals surface area contributed by atoms with Crippen LogP contribution in [0.5, 0.6) is 0 Å². The van der Waals surface area contributed by atoms with Gasteiger partial charge in [-0.2, -0.15) is 0 Å². The molecule has 0 aromatic rings. The molecule has 0 aromatic carbocycles. The van der Waals surface area contributed by atoms with Crippen molar-refractivity contribution < 1.29 is 0 Å². The van der Waals surface area contributed by atoms with E-state index in [1.165, 1.54) is 19.3 Å². The molecule has 0 aromatic heterocycles. The van der Waals surface area contributed by atoms with E-state index in [1.807, 2.05) is 0 Å². The summed E-state index contributed by atoms with van der Waals surface area (Å²) in [6.45, 7) is 10.6. The van der Waals surface area contributed by atoms with Gasteiger partial charge in [0.1, 0.15) is 0 Å². The number of rotatable bonds is 3. The minimum absolute atomic E-state index is 0.479. The Kier molecular flexibility index (Phi) is 4.11. The molecule has 0 N–H and O–H groups in total. The van der Waals surface area contributed by atoms with Crippen molar-refractivity contribution in [2.75, 3.05) is 19.5 Å². The number of halogens is 1. The molecule has 1 nitrogen and oxygen atoms in total. The summed E-state index contributed by atoms with van der Waals surface area (Å²) in [5.41, 5.74) is 0.958. The van der Waals surface area contributed by atoms with Crippen LogP contribution in [0.25, 0.3) is 0 Å². The number of nitrogens with zero attached hydrogens (tertiary/aromatic N) is 1. The second-order valence-electron chi connectivity index (χ2n) is 6.74. The third kappa shape index (κ3) is 3.96. The Morgan fingerprint density at radius 1 is 1.13 bits per heavy atom. The second-order valence-corrected chi connectivity index (χ2v) is 7.11. The summed E-state index contributed by atoms with van der Waals surface area (Å²) in [6.07, 6.45) is 3.96. The standard InChI is InChI=1S/C13H26ClN/c1-12(2)8-11(15(5)7-6-14)9-13(3,4)10-12/h11H,6-10H2,1-5H3. The van der Waals surface area contributed by atoms with Crippen LogP contribution in [-0.2, 0) is 0 Å². The first kappa shape index (κ1) is 13.3. The molecule has 2 heteroatoms. The number of hydrogen-bond donors (Lipinski definition) is 0.